The average Bonchev–Trinajstić information content (AvgIpc) is 3.33. The molecule has 1 aliphatic rings. The molecule has 1 aliphatic heterocycles. The Hall–Kier alpha value is -2.03. The Morgan fingerprint density at radius 2 is 2.24 bits per heavy atom. The van der Waals surface area contributed by atoms with Gasteiger partial charge in [0.1, 0.15) is 6.10 Å². The quantitative estimate of drug-likeness (QED) is 0.752. The Morgan fingerprint density at radius 1 is 1.36 bits per heavy atom. The first kappa shape index (κ1) is 16.4. The van der Waals surface area contributed by atoms with Crippen LogP contribution in [0, 0.1) is 0 Å². The van der Waals surface area contributed by atoms with Crippen LogP contribution in [0.2, 0.25) is 0 Å². The van der Waals surface area contributed by atoms with E-state index in [0.29, 0.717) is 5.69 Å². The molecule has 1 N–H and O–H groups in total. The van der Waals surface area contributed by atoms with Crippen molar-refractivity contribution in [3.63, 3.8) is 0 Å². The van der Waals surface area contributed by atoms with E-state index in [1.54, 1.807) is 22.2 Å². The third-order valence-electron chi connectivity index (χ3n) is 4.60. The fourth-order valence-corrected chi connectivity index (χ4v) is 3.96. The van der Waals surface area contributed by atoms with E-state index >= 15 is 0 Å². The Kier molecular flexibility index (Phi) is 4.41. The van der Waals surface area contributed by atoms with Gasteiger partial charge in [-0.15, -0.1) is 11.3 Å². The smallest absolute Gasteiger partial charge is 0.139 e. The second-order valence-corrected chi connectivity index (χ2v) is 7.31. The SMILES string of the molecule is CCc1nc(CN2CCn3nc([C@@H](O)c4ccnn4C)cc3C2)cs1. The van der Waals surface area contributed by atoms with E-state index in [-0.39, 0.29) is 0 Å². The maximum atomic E-state index is 10.6. The van der Waals surface area contributed by atoms with Gasteiger partial charge in [0.2, 0.25) is 0 Å². The van der Waals surface area contributed by atoms with Gasteiger partial charge in [0.25, 0.3) is 0 Å². The number of thiazole rings is 1. The van der Waals surface area contributed by atoms with Crippen molar-refractivity contribution in [2.45, 2.75) is 39.1 Å². The zero-order chi connectivity index (χ0) is 17.4. The Balaban J connectivity index is 1.48. The summed E-state index contributed by atoms with van der Waals surface area (Å²) < 4.78 is 3.69. The highest BCUT2D eigenvalue weighted by Crippen LogP contribution is 2.24. The third-order valence-corrected chi connectivity index (χ3v) is 5.64. The highest BCUT2D eigenvalue weighted by atomic mass is 32.1. The molecule has 0 fully saturated rings. The fraction of sp³-hybridized carbons (Fsp3) is 0.471. The van der Waals surface area contributed by atoms with Crippen LogP contribution in [0.4, 0.5) is 0 Å². The maximum Gasteiger partial charge on any atom is 0.139 e. The molecule has 3 aromatic heterocycles. The van der Waals surface area contributed by atoms with Gasteiger partial charge in [-0.3, -0.25) is 14.3 Å². The van der Waals surface area contributed by atoms with Crippen LogP contribution in [-0.2, 0) is 33.1 Å². The molecule has 0 aromatic carbocycles. The third kappa shape index (κ3) is 3.24. The molecule has 8 heteroatoms. The van der Waals surface area contributed by atoms with E-state index in [1.807, 2.05) is 23.9 Å². The second-order valence-electron chi connectivity index (χ2n) is 6.36. The van der Waals surface area contributed by atoms with Gasteiger partial charge in [0.15, 0.2) is 0 Å². The van der Waals surface area contributed by atoms with Gasteiger partial charge in [-0.05, 0) is 18.6 Å². The van der Waals surface area contributed by atoms with Crippen molar-refractivity contribution >= 4 is 11.3 Å². The molecule has 0 radical (unpaired) electrons. The molecule has 25 heavy (non-hydrogen) atoms. The van der Waals surface area contributed by atoms with Gasteiger partial charge in [0.05, 0.1) is 34.3 Å². The first-order valence-corrected chi connectivity index (χ1v) is 9.40. The minimum absolute atomic E-state index is 0.683. The van der Waals surface area contributed by atoms with Crippen LogP contribution in [0.3, 0.4) is 0 Å². The van der Waals surface area contributed by atoms with Gasteiger partial charge in [-0.1, -0.05) is 6.92 Å². The van der Waals surface area contributed by atoms with Crippen LogP contribution in [-0.4, -0.2) is 41.1 Å². The number of aliphatic hydroxyl groups excluding tert-OH is 1. The molecule has 4 heterocycles. The Bertz CT molecular complexity index is 866. The zero-order valence-electron chi connectivity index (χ0n) is 14.5. The van der Waals surface area contributed by atoms with Gasteiger partial charge >= 0.3 is 0 Å². The van der Waals surface area contributed by atoms with Gasteiger partial charge in [-0.25, -0.2) is 4.98 Å². The number of hydrogen-bond acceptors (Lipinski definition) is 6. The van der Waals surface area contributed by atoms with Gasteiger partial charge < -0.3 is 5.11 Å². The summed E-state index contributed by atoms with van der Waals surface area (Å²) in [6.45, 7) is 5.59. The monoisotopic (exact) mass is 358 g/mol. The minimum Gasteiger partial charge on any atom is -0.380 e. The predicted octanol–water partition coefficient (Wildman–Crippen LogP) is 1.73. The highest BCUT2D eigenvalue weighted by Gasteiger charge is 2.23. The lowest BCUT2D eigenvalue weighted by Crippen LogP contribution is -2.33. The van der Waals surface area contributed by atoms with Crippen LogP contribution in [0.1, 0.15) is 40.8 Å². The molecule has 0 bridgehead atoms. The summed E-state index contributed by atoms with van der Waals surface area (Å²) in [6, 6.07) is 3.82. The largest absolute Gasteiger partial charge is 0.380 e. The van der Waals surface area contributed by atoms with Crippen molar-refractivity contribution in [2.75, 3.05) is 6.54 Å². The number of hydrogen-bond donors (Lipinski definition) is 1. The topological polar surface area (TPSA) is 72.0 Å². The lowest BCUT2D eigenvalue weighted by molar-refractivity contribution is 0.195. The van der Waals surface area contributed by atoms with Crippen molar-refractivity contribution in [3.8, 4) is 0 Å². The normalized spacial score (nSPS) is 16.1. The Morgan fingerprint density at radius 3 is 2.96 bits per heavy atom. The van der Waals surface area contributed by atoms with Gasteiger partial charge in [0, 0.05) is 38.3 Å². The van der Waals surface area contributed by atoms with Crippen LogP contribution in [0.5, 0.6) is 0 Å². The van der Waals surface area contributed by atoms with Crippen molar-refractivity contribution in [3.05, 3.63) is 51.5 Å². The molecule has 0 spiro atoms. The molecule has 0 aliphatic carbocycles. The lowest BCUT2D eigenvalue weighted by atomic mass is 10.1. The number of fused-ring (bicyclic) bond motifs is 1. The first-order chi connectivity index (χ1) is 12.1. The zero-order valence-corrected chi connectivity index (χ0v) is 15.3. The van der Waals surface area contributed by atoms with Gasteiger partial charge in [-0.2, -0.15) is 10.2 Å². The molecule has 132 valence electrons. The van der Waals surface area contributed by atoms with Crippen molar-refractivity contribution in [1.29, 1.82) is 0 Å². The summed E-state index contributed by atoms with van der Waals surface area (Å²) in [5, 5.41) is 22.6. The molecule has 4 rings (SSSR count). The summed E-state index contributed by atoms with van der Waals surface area (Å²) in [6.07, 6.45) is 1.94. The number of nitrogens with zero attached hydrogens (tertiary/aromatic N) is 6. The summed E-state index contributed by atoms with van der Waals surface area (Å²) in [5.41, 5.74) is 3.71. The number of aryl methyl sites for hydroxylation is 2. The summed E-state index contributed by atoms with van der Waals surface area (Å²) in [5.74, 6) is 0. The van der Waals surface area contributed by atoms with E-state index in [1.165, 1.54) is 5.01 Å². The molecule has 1 atom stereocenters. The van der Waals surface area contributed by atoms with E-state index < -0.39 is 6.10 Å². The standard InChI is InChI=1S/C17H22N6OS/c1-3-16-19-12(11-25-16)9-22-6-7-23-13(10-22)8-14(20-23)17(24)15-4-5-18-21(15)2/h4-5,8,11,17,24H,3,6-7,9-10H2,1-2H3/t17-/m1/s1. The van der Waals surface area contributed by atoms with E-state index in [2.05, 4.69) is 32.4 Å². The number of rotatable bonds is 5. The van der Waals surface area contributed by atoms with Crippen LogP contribution >= 0.6 is 11.3 Å². The number of aromatic nitrogens is 5. The Labute approximate surface area is 150 Å². The molecule has 3 aromatic rings. The maximum absolute atomic E-state index is 10.6. The van der Waals surface area contributed by atoms with Crippen LogP contribution < -0.4 is 0 Å². The lowest BCUT2D eigenvalue weighted by Gasteiger charge is -2.26. The molecule has 0 saturated heterocycles. The van der Waals surface area contributed by atoms with E-state index in [4.69, 9.17) is 0 Å². The molecular formula is C17H22N6OS. The molecular weight excluding hydrogens is 336 g/mol. The summed E-state index contributed by atoms with van der Waals surface area (Å²) in [7, 11) is 1.83. The fourth-order valence-electron chi connectivity index (χ4n) is 3.23. The summed E-state index contributed by atoms with van der Waals surface area (Å²) in [4.78, 5) is 7.04. The summed E-state index contributed by atoms with van der Waals surface area (Å²) >= 11 is 1.73. The molecule has 0 unspecified atom stereocenters. The highest BCUT2D eigenvalue weighted by molar-refractivity contribution is 7.09. The molecule has 0 amide bonds. The predicted molar refractivity (Wildman–Crippen MR) is 95.1 cm³/mol. The van der Waals surface area contributed by atoms with Crippen LogP contribution in [0.15, 0.2) is 23.7 Å². The van der Waals surface area contributed by atoms with E-state index in [9.17, 15) is 5.11 Å². The van der Waals surface area contributed by atoms with Crippen LogP contribution in [0.25, 0.3) is 0 Å². The number of aliphatic hydroxyl groups is 1. The van der Waals surface area contributed by atoms with Crippen molar-refractivity contribution in [2.24, 2.45) is 7.05 Å². The average molecular weight is 358 g/mol. The molecule has 0 saturated carbocycles. The van der Waals surface area contributed by atoms with Crippen molar-refractivity contribution in [1.82, 2.24) is 29.4 Å². The minimum atomic E-state index is -0.746. The van der Waals surface area contributed by atoms with E-state index in [0.717, 1.165) is 49.7 Å². The molecule has 7 nitrogen and oxygen atoms in total. The second kappa shape index (κ2) is 6.70. The van der Waals surface area contributed by atoms with Crippen molar-refractivity contribution < 1.29 is 5.11 Å². The first-order valence-electron chi connectivity index (χ1n) is 8.52.